The summed E-state index contributed by atoms with van der Waals surface area (Å²) in [4.78, 5) is 20.5. The van der Waals surface area contributed by atoms with Gasteiger partial charge in [0, 0.05) is 30.3 Å². The van der Waals surface area contributed by atoms with Crippen LogP contribution in [0.1, 0.15) is 30.5 Å². The second-order valence-corrected chi connectivity index (χ2v) is 10.2. The number of halogens is 5. The molecule has 0 radical (unpaired) electrons. The van der Waals surface area contributed by atoms with Crippen molar-refractivity contribution >= 4 is 15.8 Å². The van der Waals surface area contributed by atoms with Gasteiger partial charge in [0.2, 0.25) is 10.0 Å². The van der Waals surface area contributed by atoms with Crippen LogP contribution in [-0.4, -0.2) is 41.1 Å². The van der Waals surface area contributed by atoms with Gasteiger partial charge in [-0.2, -0.15) is 17.5 Å². The lowest BCUT2D eigenvalue weighted by Crippen LogP contribution is -2.40. The quantitative estimate of drug-likeness (QED) is 0.414. The molecule has 1 atom stereocenters. The van der Waals surface area contributed by atoms with Crippen LogP contribution in [0.3, 0.4) is 0 Å². The second kappa shape index (κ2) is 10.0. The van der Waals surface area contributed by atoms with E-state index in [4.69, 9.17) is 0 Å². The maximum atomic E-state index is 13.6. The highest BCUT2D eigenvalue weighted by molar-refractivity contribution is 7.89. The van der Waals surface area contributed by atoms with Gasteiger partial charge in [-0.25, -0.2) is 27.2 Å². The monoisotopic (exact) mass is 525 g/mol. The first-order valence-corrected chi connectivity index (χ1v) is 12.4. The van der Waals surface area contributed by atoms with E-state index < -0.39 is 44.3 Å². The molecule has 0 amide bonds. The summed E-state index contributed by atoms with van der Waals surface area (Å²) in [5.74, 6) is -2.45. The number of rotatable bonds is 7. The summed E-state index contributed by atoms with van der Waals surface area (Å²) in [5, 5.41) is 0. The zero-order valence-electron chi connectivity index (χ0n) is 18.7. The van der Waals surface area contributed by atoms with Gasteiger partial charge >= 0.3 is 6.18 Å². The molecule has 0 saturated carbocycles. The number of Topliss-reactive ketones (excluding diaryl/α,β-unsaturated/α-hetero) is 1. The molecule has 2 aromatic carbocycles. The smallest absolute Gasteiger partial charge is 0.298 e. The van der Waals surface area contributed by atoms with Gasteiger partial charge in [0.1, 0.15) is 18.0 Å². The molecule has 0 N–H and O–H groups in total. The van der Waals surface area contributed by atoms with E-state index in [9.17, 15) is 35.2 Å². The number of aryl methyl sites for hydroxylation is 1. The predicted octanol–water partition coefficient (Wildman–Crippen LogP) is 4.80. The Kier molecular flexibility index (Phi) is 7.19. The molecule has 0 aliphatic carbocycles. The van der Waals surface area contributed by atoms with Crippen LogP contribution in [0.15, 0.2) is 59.8 Å². The Morgan fingerprint density at radius 2 is 1.67 bits per heavy atom. The van der Waals surface area contributed by atoms with Crippen molar-refractivity contribution in [3.63, 3.8) is 0 Å². The van der Waals surface area contributed by atoms with E-state index >= 15 is 0 Å². The summed E-state index contributed by atoms with van der Waals surface area (Å²) in [6.07, 6.45) is -2.45. The lowest BCUT2D eigenvalue weighted by Gasteiger charge is -2.23. The normalized spacial score (nSPS) is 16.9. The molecule has 4 rings (SSSR count). The molecule has 1 fully saturated rings. The van der Waals surface area contributed by atoms with Crippen molar-refractivity contribution in [3.8, 4) is 11.3 Å². The standard InChI is InChI=1S/C24H20F5N3O3S/c25-17-10-18(26)12-20(11-17)36(34,35)32-9-1-2-22(32)23(33)8-7-19-13-21(31-14-30-19)15-3-5-16(6-4-15)24(27,28)29/h3-6,10-14,22H,1-2,7-9H2/t22-/m0/s1. The third kappa shape index (κ3) is 5.59. The number of hydrogen-bond acceptors (Lipinski definition) is 5. The molecule has 36 heavy (non-hydrogen) atoms. The number of hydrogen-bond donors (Lipinski definition) is 0. The summed E-state index contributed by atoms with van der Waals surface area (Å²) in [7, 11) is -4.29. The van der Waals surface area contributed by atoms with Crippen molar-refractivity contribution in [3.05, 3.63) is 77.8 Å². The van der Waals surface area contributed by atoms with Gasteiger partial charge in [-0.15, -0.1) is 0 Å². The van der Waals surface area contributed by atoms with Crippen molar-refractivity contribution in [1.29, 1.82) is 0 Å². The Bertz CT molecular complexity index is 1360. The number of nitrogens with zero attached hydrogens (tertiary/aromatic N) is 3. The molecule has 1 aliphatic heterocycles. The Morgan fingerprint density at radius 1 is 1.00 bits per heavy atom. The highest BCUT2D eigenvalue weighted by Gasteiger charge is 2.39. The summed E-state index contributed by atoms with van der Waals surface area (Å²) < 4.78 is 92.4. The van der Waals surface area contributed by atoms with Gasteiger partial charge < -0.3 is 0 Å². The third-order valence-corrected chi connectivity index (χ3v) is 7.76. The lowest BCUT2D eigenvalue weighted by molar-refractivity contribution is -0.137. The molecule has 1 saturated heterocycles. The van der Waals surface area contributed by atoms with Gasteiger partial charge in [-0.1, -0.05) is 12.1 Å². The number of carbonyl (C=O) groups is 1. The Labute approximate surface area is 203 Å². The summed E-state index contributed by atoms with van der Waals surface area (Å²) in [6, 6.07) is 7.02. The number of carbonyl (C=O) groups excluding carboxylic acids is 1. The zero-order valence-corrected chi connectivity index (χ0v) is 19.5. The van der Waals surface area contributed by atoms with Crippen molar-refractivity contribution in [2.24, 2.45) is 0 Å². The van der Waals surface area contributed by atoms with Gasteiger partial charge in [0.25, 0.3) is 0 Å². The van der Waals surface area contributed by atoms with Crippen LogP contribution in [0.2, 0.25) is 0 Å². The average Bonchev–Trinajstić information content (AvgIpc) is 3.33. The Hall–Kier alpha value is -3.25. The van der Waals surface area contributed by atoms with E-state index in [0.717, 1.165) is 16.4 Å². The Balaban J connectivity index is 1.46. The molecule has 0 unspecified atom stereocenters. The Morgan fingerprint density at radius 3 is 2.31 bits per heavy atom. The number of benzene rings is 2. The minimum Gasteiger partial charge on any atom is -0.298 e. The van der Waals surface area contributed by atoms with Crippen molar-refractivity contribution < 1.29 is 35.2 Å². The van der Waals surface area contributed by atoms with Crippen molar-refractivity contribution in [2.45, 2.75) is 42.8 Å². The van der Waals surface area contributed by atoms with E-state index in [-0.39, 0.29) is 31.6 Å². The molecule has 0 spiro atoms. The average molecular weight is 525 g/mol. The highest BCUT2D eigenvalue weighted by atomic mass is 32.2. The van der Waals surface area contributed by atoms with Gasteiger partial charge in [-0.05, 0) is 49.6 Å². The topological polar surface area (TPSA) is 80.2 Å². The molecule has 0 bridgehead atoms. The van der Waals surface area contributed by atoms with Gasteiger partial charge in [0.05, 0.1) is 22.2 Å². The van der Waals surface area contributed by atoms with Crippen LogP contribution in [0.4, 0.5) is 22.0 Å². The molecule has 190 valence electrons. The number of sulfonamides is 1. The first-order chi connectivity index (χ1) is 16.9. The number of aromatic nitrogens is 2. The van der Waals surface area contributed by atoms with Crippen molar-refractivity contribution in [2.75, 3.05) is 6.54 Å². The van der Waals surface area contributed by atoms with E-state index in [1.807, 2.05) is 0 Å². The maximum Gasteiger partial charge on any atom is 0.416 e. The molecule has 1 aromatic heterocycles. The highest BCUT2D eigenvalue weighted by Crippen LogP contribution is 2.31. The molecular weight excluding hydrogens is 505 g/mol. The van der Waals surface area contributed by atoms with Crippen LogP contribution in [-0.2, 0) is 27.4 Å². The second-order valence-electron chi connectivity index (χ2n) is 8.31. The zero-order chi connectivity index (χ0) is 26.1. The first-order valence-electron chi connectivity index (χ1n) is 10.9. The minimum absolute atomic E-state index is 0.0441. The number of alkyl halides is 3. The first kappa shape index (κ1) is 25.8. The van der Waals surface area contributed by atoms with Gasteiger partial charge in [-0.3, -0.25) is 4.79 Å². The fourth-order valence-electron chi connectivity index (χ4n) is 4.10. The van der Waals surface area contributed by atoms with E-state index in [2.05, 4.69) is 9.97 Å². The van der Waals surface area contributed by atoms with E-state index in [1.54, 1.807) is 6.07 Å². The summed E-state index contributed by atoms with van der Waals surface area (Å²) in [6.45, 7) is 0.0441. The fourth-order valence-corrected chi connectivity index (χ4v) is 5.82. The predicted molar refractivity (Wildman–Crippen MR) is 119 cm³/mol. The van der Waals surface area contributed by atoms with Crippen LogP contribution in [0.5, 0.6) is 0 Å². The van der Waals surface area contributed by atoms with Crippen LogP contribution in [0, 0.1) is 11.6 Å². The molecule has 3 aromatic rings. The van der Waals surface area contributed by atoms with Crippen LogP contribution < -0.4 is 0 Å². The number of ketones is 1. The van der Waals surface area contributed by atoms with Crippen LogP contribution >= 0.6 is 0 Å². The summed E-state index contributed by atoms with van der Waals surface area (Å²) in [5.41, 5.74) is 0.476. The largest absolute Gasteiger partial charge is 0.416 e. The van der Waals surface area contributed by atoms with Gasteiger partial charge in [0.15, 0.2) is 5.78 Å². The third-order valence-electron chi connectivity index (χ3n) is 5.88. The fraction of sp³-hybridized carbons (Fsp3) is 0.292. The summed E-state index contributed by atoms with van der Waals surface area (Å²) >= 11 is 0. The molecular formula is C24H20F5N3O3S. The SMILES string of the molecule is O=C(CCc1cc(-c2ccc(C(F)(F)F)cc2)ncn1)[C@@H]1CCCN1S(=O)(=O)c1cc(F)cc(F)c1. The van der Waals surface area contributed by atoms with Crippen LogP contribution in [0.25, 0.3) is 11.3 Å². The molecule has 2 heterocycles. The molecule has 6 nitrogen and oxygen atoms in total. The van der Waals surface area contributed by atoms with E-state index in [1.165, 1.54) is 18.5 Å². The van der Waals surface area contributed by atoms with Crippen molar-refractivity contribution in [1.82, 2.24) is 14.3 Å². The minimum atomic E-state index is -4.46. The van der Waals surface area contributed by atoms with E-state index in [0.29, 0.717) is 41.6 Å². The maximum absolute atomic E-state index is 13.6. The lowest BCUT2D eigenvalue weighted by atomic mass is 10.0. The molecule has 12 heteroatoms. The molecule has 1 aliphatic rings.